The van der Waals surface area contributed by atoms with Gasteiger partial charge in [-0.15, -0.1) is 0 Å². The lowest BCUT2D eigenvalue weighted by Gasteiger charge is -2.34. The van der Waals surface area contributed by atoms with E-state index in [0.29, 0.717) is 0 Å². The van der Waals surface area contributed by atoms with Crippen molar-refractivity contribution in [2.45, 2.75) is 46.3 Å². The minimum atomic E-state index is -0.329. The summed E-state index contributed by atoms with van der Waals surface area (Å²) in [4.78, 5) is 18.1. The quantitative estimate of drug-likeness (QED) is 0.825. The number of carbonyl (C=O) groups excluding carboxylic acids is 1. The lowest BCUT2D eigenvalue weighted by Crippen LogP contribution is -2.39. The van der Waals surface area contributed by atoms with Crippen LogP contribution in [0.25, 0.3) is 0 Å². The molecule has 1 amide bonds. The normalized spacial score (nSPS) is 18.2. The second kappa shape index (κ2) is 5.63. The minimum Gasteiger partial charge on any atom is -0.424 e. The van der Waals surface area contributed by atoms with Gasteiger partial charge in [-0.25, -0.2) is 9.78 Å². The molecule has 0 aromatic carbocycles. The molecule has 1 aliphatic heterocycles. The van der Waals surface area contributed by atoms with Crippen LogP contribution in [-0.2, 0) is 4.74 Å². The molecule has 19 heavy (non-hydrogen) atoms. The van der Waals surface area contributed by atoms with Crippen LogP contribution in [0.4, 0.5) is 4.79 Å². The second-order valence-corrected chi connectivity index (χ2v) is 6.16. The highest BCUT2D eigenvalue weighted by molar-refractivity contribution is 5.67. The van der Waals surface area contributed by atoms with Crippen molar-refractivity contribution in [1.29, 1.82) is 0 Å². The first-order valence-corrected chi connectivity index (χ1v) is 6.91. The summed E-state index contributed by atoms with van der Waals surface area (Å²) in [6.45, 7) is 7.78. The van der Waals surface area contributed by atoms with Gasteiger partial charge in [-0.05, 0) is 19.3 Å². The number of aromatic nitrogens is 2. The summed E-state index contributed by atoms with van der Waals surface area (Å²) < 4.78 is 7.56. The Morgan fingerprint density at radius 3 is 2.47 bits per heavy atom. The SMILES string of the molecule is CC(C)(C)C(OC(=O)N1CCCCC1)n1ccnc1. The molecule has 5 heteroatoms. The van der Waals surface area contributed by atoms with E-state index in [4.69, 9.17) is 4.74 Å². The van der Waals surface area contributed by atoms with Crippen molar-refractivity contribution in [2.75, 3.05) is 13.1 Å². The highest BCUT2D eigenvalue weighted by atomic mass is 16.6. The van der Waals surface area contributed by atoms with Gasteiger partial charge in [-0.3, -0.25) is 0 Å². The smallest absolute Gasteiger partial charge is 0.411 e. The maximum absolute atomic E-state index is 12.2. The van der Waals surface area contributed by atoms with E-state index in [1.165, 1.54) is 6.42 Å². The predicted octanol–water partition coefficient (Wildman–Crippen LogP) is 3.05. The van der Waals surface area contributed by atoms with E-state index in [-0.39, 0.29) is 17.7 Å². The Labute approximate surface area is 114 Å². The van der Waals surface area contributed by atoms with Gasteiger partial charge in [0.2, 0.25) is 0 Å². The molecule has 1 fully saturated rings. The predicted molar refractivity (Wildman–Crippen MR) is 72.6 cm³/mol. The van der Waals surface area contributed by atoms with Crippen LogP contribution in [0.3, 0.4) is 0 Å². The monoisotopic (exact) mass is 265 g/mol. The van der Waals surface area contributed by atoms with Crippen LogP contribution in [0.15, 0.2) is 18.7 Å². The molecule has 0 spiro atoms. The average molecular weight is 265 g/mol. The fourth-order valence-corrected chi connectivity index (χ4v) is 2.34. The molecule has 1 aromatic heterocycles. The molecular formula is C14H23N3O2. The van der Waals surface area contributed by atoms with E-state index in [2.05, 4.69) is 25.8 Å². The molecule has 0 aliphatic carbocycles. The number of amides is 1. The Kier molecular flexibility index (Phi) is 4.12. The number of ether oxygens (including phenoxy) is 1. The third-order valence-corrected chi connectivity index (χ3v) is 3.36. The summed E-state index contributed by atoms with van der Waals surface area (Å²) in [5, 5.41) is 0. The third kappa shape index (κ3) is 3.49. The topological polar surface area (TPSA) is 47.4 Å². The maximum Gasteiger partial charge on any atom is 0.411 e. The van der Waals surface area contributed by atoms with Gasteiger partial charge in [-0.1, -0.05) is 20.8 Å². The number of nitrogens with zero attached hydrogens (tertiary/aromatic N) is 3. The van der Waals surface area contributed by atoms with Gasteiger partial charge in [0.05, 0.1) is 6.33 Å². The number of rotatable bonds is 2. The van der Waals surface area contributed by atoms with Crippen LogP contribution >= 0.6 is 0 Å². The van der Waals surface area contributed by atoms with Crippen LogP contribution in [0.2, 0.25) is 0 Å². The Bertz CT molecular complexity index is 403. The van der Waals surface area contributed by atoms with Gasteiger partial charge in [0, 0.05) is 30.9 Å². The molecule has 0 saturated carbocycles. The number of carbonyl (C=O) groups is 1. The van der Waals surface area contributed by atoms with Gasteiger partial charge in [0.15, 0.2) is 6.23 Å². The van der Waals surface area contributed by atoms with E-state index < -0.39 is 0 Å². The first-order chi connectivity index (χ1) is 8.98. The van der Waals surface area contributed by atoms with E-state index in [1.54, 1.807) is 17.4 Å². The van der Waals surface area contributed by atoms with Crippen LogP contribution in [0.5, 0.6) is 0 Å². The van der Waals surface area contributed by atoms with E-state index >= 15 is 0 Å². The fraction of sp³-hybridized carbons (Fsp3) is 0.714. The summed E-state index contributed by atoms with van der Waals surface area (Å²) in [6.07, 6.45) is 8.03. The van der Waals surface area contributed by atoms with Crippen molar-refractivity contribution in [3.05, 3.63) is 18.7 Å². The molecule has 1 atom stereocenters. The molecule has 1 aliphatic rings. The van der Waals surface area contributed by atoms with Crippen molar-refractivity contribution in [1.82, 2.24) is 14.5 Å². The Morgan fingerprint density at radius 2 is 1.95 bits per heavy atom. The van der Waals surface area contributed by atoms with Gasteiger partial charge in [0.1, 0.15) is 0 Å². The summed E-state index contributed by atoms with van der Waals surface area (Å²) in [5.74, 6) is 0. The number of hydrogen-bond acceptors (Lipinski definition) is 3. The molecule has 1 aromatic rings. The van der Waals surface area contributed by atoms with Crippen molar-refractivity contribution in [3.63, 3.8) is 0 Å². The fourth-order valence-electron chi connectivity index (χ4n) is 2.34. The molecular weight excluding hydrogens is 242 g/mol. The zero-order valence-corrected chi connectivity index (χ0v) is 12.0. The summed E-state index contributed by atoms with van der Waals surface area (Å²) in [6, 6.07) is 0. The molecule has 2 heterocycles. The van der Waals surface area contributed by atoms with Crippen molar-refractivity contribution in [2.24, 2.45) is 5.41 Å². The van der Waals surface area contributed by atoms with Crippen molar-refractivity contribution in [3.8, 4) is 0 Å². The number of imidazole rings is 1. The summed E-state index contributed by atoms with van der Waals surface area (Å²) >= 11 is 0. The lowest BCUT2D eigenvalue weighted by molar-refractivity contribution is -0.0366. The molecule has 5 nitrogen and oxygen atoms in total. The van der Waals surface area contributed by atoms with Crippen LogP contribution in [0, 0.1) is 5.41 Å². The minimum absolute atomic E-state index is 0.174. The van der Waals surface area contributed by atoms with Crippen LogP contribution < -0.4 is 0 Å². The van der Waals surface area contributed by atoms with Crippen LogP contribution in [-0.4, -0.2) is 33.6 Å². The average Bonchev–Trinajstić information content (AvgIpc) is 2.88. The molecule has 106 valence electrons. The van der Waals surface area contributed by atoms with E-state index in [1.807, 2.05) is 10.8 Å². The second-order valence-electron chi connectivity index (χ2n) is 6.16. The van der Waals surface area contributed by atoms with Gasteiger partial charge in [0.25, 0.3) is 0 Å². The van der Waals surface area contributed by atoms with Gasteiger partial charge < -0.3 is 14.2 Å². The van der Waals surface area contributed by atoms with Gasteiger partial charge >= 0.3 is 6.09 Å². The Balaban J connectivity index is 2.06. The lowest BCUT2D eigenvalue weighted by atomic mass is 9.94. The largest absolute Gasteiger partial charge is 0.424 e. The zero-order chi connectivity index (χ0) is 13.9. The van der Waals surface area contributed by atoms with Crippen molar-refractivity contribution >= 4 is 6.09 Å². The van der Waals surface area contributed by atoms with Crippen LogP contribution in [0.1, 0.15) is 46.3 Å². The molecule has 1 saturated heterocycles. The number of hydrogen-bond donors (Lipinski definition) is 0. The maximum atomic E-state index is 12.2. The van der Waals surface area contributed by atoms with E-state index in [9.17, 15) is 4.79 Å². The van der Waals surface area contributed by atoms with Gasteiger partial charge in [-0.2, -0.15) is 0 Å². The summed E-state index contributed by atoms with van der Waals surface area (Å²) in [5.41, 5.74) is -0.174. The molecule has 0 bridgehead atoms. The number of piperidine rings is 1. The first kappa shape index (κ1) is 13.9. The Hall–Kier alpha value is -1.52. The third-order valence-electron chi connectivity index (χ3n) is 3.36. The highest BCUT2D eigenvalue weighted by Gasteiger charge is 2.31. The molecule has 0 radical (unpaired) electrons. The molecule has 1 unspecified atom stereocenters. The van der Waals surface area contributed by atoms with E-state index in [0.717, 1.165) is 25.9 Å². The Morgan fingerprint density at radius 1 is 1.26 bits per heavy atom. The zero-order valence-electron chi connectivity index (χ0n) is 12.0. The molecule has 0 N–H and O–H groups in total. The van der Waals surface area contributed by atoms with Crippen molar-refractivity contribution < 1.29 is 9.53 Å². The molecule has 2 rings (SSSR count). The summed E-state index contributed by atoms with van der Waals surface area (Å²) in [7, 11) is 0. The standard InChI is InChI=1S/C14H23N3O2/c1-14(2,3)12(17-10-7-15-11-17)19-13(18)16-8-5-4-6-9-16/h7,10-12H,4-6,8-9H2,1-3H3. The highest BCUT2D eigenvalue weighted by Crippen LogP contribution is 2.32. The number of likely N-dealkylation sites (tertiary alicyclic amines) is 1. The first-order valence-electron chi connectivity index (χ1n) is 6.91.